The molecule has 0 saturated carbocycles. The van der Waals surface area contributed by atoms with E-state index in [4.69, 9.17) is 0 Å². The Hall–Kier alpha value is -2.22. The lowest BCUT2D eigenvalue weighted by molar-refractivity contribution is 0.145. The van der Waals surface area contributed by atoms with Crippen LogP contribution < -0.4 is 5.46 Å². The topological polar surface area (TPSA) is 52.0 Å². The van der Waals surface area contributed by atoms with Crippen LogP contribution in [0.4, 0.5) is 8.78 Å². The number of alkyl halides is 2. The summed E-state index contributed by atoms with van der Waals surface area (Å²) in [7, 11) is -2.44. The quantitative estimate of drug-likeness (QED) is 0.690. The summed E-state index contributed by atoms with van der Waals surface area (Å²) < 4.78 is 53.1. The molecule has 8 heteroatoms. The molecule has 0 aliphatic rings. The van der Waals surface area contributed by atoms with E-state index in [0.29, 0.717) is 14.8 Å². The van der Waals surface area contributed by atoms with E-state index in [1.807, 2.05) is 0 Å². The van der Waals surface area contributed by atoms with Crippen molar-refractivity contribution in [3.63, 3.8) is 0 Å². The summed E-state index contributed by atoms with van der Waals surface area (Å²) in [6, 6.07) is 10.3. The van der Waals surface area contributed by atoms with E-state index in [1.165, 1.54) is 24.4 Å². The maximum absolute atomic E-state index is 13.4. The lowest BCUT2D eigenvalue weighted by Gasteiger charge is -2.11. The van der Waals surface area contributed by atoms with E-state index < -0.39 is 22.1 Å². The third-order valence-corrected chi connectivity index (χ3v) is 5.27. The fourth-order valence-corrected chi connectivity index (χ4v) is 3.96. The normalized spacial score (nSPS) is 12.0. The largest absolute Gasteiger partial charge is 0.279 e. The molecule has 0 atom stereocenters. The monoisotopic (exact) mass is 333 g/mol. The first-order chi connectivity index (χ1) is 11.0. The molecule has 0 aliphatic carbocycles. The molecule has 3 rings (SSSR count). The summed E-state index contributed by atoms with van der Waals surface area (Å²) in [5.74, 6) is 0. The second-order valence-corrected chi connectivity index (χ2v) is 6.67. The SMILES string of the molecule is C[B]c1ccnc2c1cc(C(F)F)n2S(=O)(=O)c1ccccc1. The second-order valence-electron chi connectivity index (χ2n) is 4.88. The third-order valence-electron chi connectivity index (χ3n) is 3.54. The van der Waals surface area contributed by atoms with E-state index in [2.05, 4.69) is 4.98 Å². The van der Waals surface area contributed by atoms with E-state index in [0.717, 1.165) is 0 Å². The minimum atomic E-state index is -4.16. The van der Waals surface area contributed by atoms with Crippen LogP contribution >= 0.6 is 0 Å². The molecule has 2 aromatic heterocycles. The average Bonchev–Trinajstić information content (AvgIpc) is 2.96. The van der Waals surface area contributed by atoms with Gasteiger partial charge in [0.05, 0.1) is 4.90 Å². The summed E-state index contributed by atoms with van der Waals surface area (Å²) in [5, 5.41) is 0.379. The van der Waals surface area contributed by atoms with Gasteiger partial charge in [-0.1, -0.05) is 30.5 Å². The van der Waals surface area contributed by atoms with Gasteiger partial charge in [0.1, 0.15) is 13.0 Å². The second kappa shape index (κ2) is 5.77. The highest BCUT2D eigenvalue weighted by atomic mass is 32.2. The Kier molecular flexibility index (Phi) is 3.93. The lowest BCUT2D eigenvalue weighted by Crippen LogP contribution is -2.17. The number of pyridine rings is 1. The molecule has 0 spiro atoms. The van der Waals surface area contributed by atoms with E-state index in [-0.39, 0.29) is 10.5 Å². The Morgan fingerprint density at radius 2 is 1.87 bits per heavy atom. The van der Waals surface area contributed by atoms with Crippen molar-refractivity contribution in [3.05, 3.63) is 54.4 Å². The summed E-state index contributed by atoms with van der Waals surface area (Å²) in [6.07, 6.45) is -1.53. The molecule has 0 fully saturated rings. The van der Waals surface area contributed by atoms with Crippen LogP contribution in [0.25, 0.3) is 11.0 Å². The summed E-state index contributed by atoms with van der Waals surface area (Å²) in [5.41, 5.74) is 0.0596. The van der Waals surface area contributed by atoms with Gasteiger partial charge in [-0.25, -0.2) is 26.2 Å². The maximum atomic E-state index is 13.4. The number of hydrogen-bond donors (Lipinski definition) is 0. The average molecular weight is 333 g/mol. The molecule has 23 heavy (non-hydrogen) atoms. The van der Waals surface area contributed by atoms with Crippen molar-refractivity contribution in [2.45, 2.75) is 18.1 Å². The highest BCUT2D eigenvalue weighted by molar-refractivity contribution is 7.90. The molecule has 2 heterocycles. The zero-order valence-electron chi connectivity index (χ0n) is 12.1. The Balaban J connectivity index is 2.39. The van der Waals surface area contributed by atoms with E-state index >= 15 is 0 Å². The zero-order valence-corrected chi connectivity index (χ0v) is 13.0. The van der Waals surface area contributed by atoms with Crippen LogP contribution in [0, 0.1) is 0 Å². The molecule has 0 bridgehead atoms. The van der Waals surface area contributed by atoms with Gasteiger partial charge in [-0.15, -0.1) is 0 Å². The van der Waals surface area contributed by atoms with Crippen LogP contribution in [0.15, 0.2) is 53.6 Å². The molecule has 1 aromatic carbocycles. The van der Waals surface area contributed by atoms with Gasteiger partial charge >= 0.3 is 0 Å². The molecular weight excluding hydrogens is 321 g/mol. The van der Waals surface area contributed by atoms with Crippen molar-refractivity contribution in [1.29, 1.82) is 0 Å². The summed E-state index contributed by atoms with van der Waals surface area (Å²) in [4.78, 5) is 3.95. The number of nitrogens with zero attached hydrogens (tertiary/aromatic N) is 2. The first-order valence-electron chi connectivity index (χ1n) is 6.85. The first-order valence-corrected chi connectivity index (χ1v) is 8.29. The highest BCUT2D eigenvalue weighted by Crippen LogP contribution is 2.29. The van der Waals surface area contributed by atoms with Gasteiger partial charge < -0.3 is 0 Å². The first kappa shape index (κ1) is 15.7. The lowest BCUT2D eigenvalue weighted by atomic mass is 9.72. The van der Waals surface area contributed by atoms with Crippen LogP contribution in [0.3, 0.4) is 0 Å². The fourth-order valence-electron chi connectivity index (χ4n) is 2.47. The highest BCUT2D eigenvalue weighted by Gasteiger charge is 2.28. The predicted octanol–water partition coefficient (Wildman–Crippen LogP) is 2.59. The maximum Gasteiger partial charge on any atom is 0.279 e. The minimum Gasteiger partial charge on any atom is -0.237 e. The van der Waals surface area contributed by atoms with Crippen molar-refractivity contribution < 1.29 is 17.2 Å². The Labute approximate surface area is 133 Å². The van der Waals surface area contributed by atoms with Gasteiger partial charge in [0, 0.05) is 11.6 Å². The van der Waals surface area contributed by atoms with Crippen molar-refractivity contribution in [2.24, 2.45) is 0 Å². The van der Waals surface area contributed by atoms with Crippen LogP contribution in [-0.2, 0) is 10.0 Å². The van der Waals surface area contributed by atoms with E-state index in [9.17, 15) is 17.2 Å². The van der Waals surface area contributed by atoms with Gasteiger partial charge in [-0.3, -0.25) is 0 Å². The van der Waals surface area contributed by atoms with Crippen LogP contribution in [0.2, 0.25) is 6.82 Å². The number of halogens is 2. The summed E-state index contributed by atoms with van der Waals surface area (Å²) >= 11 is 0. The van der Waals surface area contributed by atoms with Gasteiger partial charge in [-0.2, -0.15) is 0 Å². The third kappa shape index (κ3) is 2.52. The zero-order chi connectivity index (χ0) is 16.6. The molecule has 0 saturated heterocycles. The van der Waals surface area contributed by atoms with Crippen LogP contribution in [-0.4, -0.2) is 24.7 Å². The molecule has 0 N–H and O–H groups in total. The van der Waals surface area contributed by atoms with Gasteiger partial charge in [0.25, 0.3) is 16.4 Å². The smallest absolute Gasteiger partial charge is 0.237 e. The van der Waals surface area contributed by atoms with Crippen molar-refractivity contribution >= 4 is 33.8 Å². The predicted molar refractivity (Wildman–Crippen MR) is 85.0 cm³/mol. The van der Waals surface area contributed by atoms with Crippen molar-refractivity contribution in [3.8, 4) is 0 Å². The molecule has 0 amide bonds. The molecule has 3 aromatic rings. The molecule has 0 unspecified atom stereocenters. The molecule has 1 radical (unpaired) electrons. The van der Waals surface area contributed by atoms with Crippen LogP contribution in [0.5, 0.6) is 0 Å². The van der Waals surface area contributed by atoms with Crippen molar-refractivity contribution in [2.75, 3.05) is 0 Å². The van der Waals surface area contributed by atoms with Gasteiger partial charge in [0.15, 0.2) is 5.65 Å². The molecule has 0 aliphatic heterocycles. The van der Waals surface area contributed by atoms with Gasteiger partial charge in [-0.05, 0) is 24.3 Å². The number of aromatic nitrogens is 2. The molecule has 117 valence electrons. The standard InChI is InChI=1S/C15H12BF2N2O2S/c1-16-12-7-8-19-15-11(12)9-13(14(17)18)20(15)23(21,22)10-5-3-2-4-6-10/h2-9,14H,1H3. The van der Waals surface area contributed by atoms with Gasteiger partial charge in [0.2, 0.25) is 0 Å². The minimum absolute atomic E-state index is 0.000229. The number of rotatable bonds is 4. The van der Waals surface area contributed by atoms with Crippen molar-refractivity contribution in [1.82, 2.24) is 8.96 Å². The van der Waals surface area contributed by atoms with Crippen LogP contribution in [0.1, 0.15) is 12.1 Å². The fraction of sp³-hybridized carbons (Fsp3) is 0.133. The number of fused-ring (bicyclic) bond motifs is 1. The molecule has 4 nitrogen and oxygen atoms in total. The Bertz CT molecular complexity index is 956. The molecular formula is C15H12BF2N2O2S. The number of hydrogen-bond acceptors (Lipinski definition) is 3. The Morgan fingerprint density at radius 1 is 1.17 bits per heavy atom. The number of benzene rings is 1. The van der Waals surface area contributed by atoms with E-state index in [1.54, 1.807) is 38.4 Å². The Morgan fingerprint density at radius 3 is 2.48 bits per heavy atom. The summed E-state index contributed by atoms with van der Waals surface area (Å²) in [6.45, 7) is 1.75.